The molecule has 4 heteroatoms. The number of nitriles is 1. The van der Waals surface area contributed by atoms with Crippen molar-refractivity contribution in [3.05, 3.63) is 82.8 Å². The van der Waals surface area contributed by atoms with Crippen LogP contribution in [0.15, 0.2) is 66.1 Å². The summed E-state index contributed by atoms with van der Waals surface area (Å²) in [7, 11) is 1.91. The molecule has 1 aliphatic heterocycles. The van der Waals surface area contributed by atoms with E-state index in [1.165, 1.54) is 36.8 Å². The zero-order valence-electron chi connectivity index (χ0n) is 19.2. The largest absolute Gasteiger partial charge is 0.441 e. The van der Waals surface area contributed by atoms with Crippen molar-refractivity contribution in [3.8, 4) is 11.8 Å². The fourth-order valence-electron chi connectivity index (χ4n) is 3.27. The number of nitrogens with one attached hydrogen (secondary N) is 2. The van der Waals surface area contributed by atoms with Crippen molar-refractivity contribution in [2.24, 2.45) is 0 Å². The Hall–Kier alpha value is -3.03. The van der Waals surface area contributed by atoms with Crippen molar-refractivity contribution in [1.82, 2.24) is 10.6 Å². The maximum Gasteiger partial charge on any atom is 0.195 e. The summed E-state index contributed by atoms with van der Waals surface area (Å²) in [6, 6.07) is 17.9. The number of unbranched alkanes of at least 4 members (excludes halogenated alkanes) is 3. The van der Waals surface area contributed by atoms with Crippen molar-refractivity contribution in [1.29, 1.82) is 5.26 Å². The van der Waals surface area contributed by atoms with E-state index in [0.29, 0.717) is 12.3 Å². The molecular formula is C27H35N3O. The van der Waals surface area contributed by atoms with Crippen molar-refractivity contribution in [2.45, 2.75) is 59.0 Å². The maximum atomic E-state index is 8.69. The first kappa shape index (κ1) is 24.2. The quantitative estimate of drug-likeness (QED) is 0.381. The number of hydrogen-bond donors (Lipinski definition) is 2. The first-order valence-electron chi connectivity index (χ1n) is 11.1. The average molecular weight is 418 g/mol. The van der Waals surface area contributed by atoms with Crippen LogP contribution in [0, 0.1) is 11.3 Å². The molecule has 0 aromatic heterocycles. The SMILES string of the molecule is CCCCCC=C(C)C.CNC1NC(Oc2ccc(CC#N)cc2)=Cc2ccccc21. The molecule has 0 amide bonds. The molecule has 2 aromatic carbocycles. The van der Waals surface area contributed by atoms with Gasteiger partial charge in [-0.3, -0.25) is 5.32 Å². The molecule has 1 atom stereocenters. The second-order valence-corrected chi connectivity index (χ2v) is 7.86. The van der Waals surface area contributed by atoms with Gasteiger partial charge in [0.1, 0.15) is 11.9 Å². The van der Waals surface area contributed by atoms with Crippen LogP contribution in [0.4, 0.5) is 0 Å². The summed E-state index contributed by atoms with van der Waals surface area (Å²) in [4.78, 5) is 0. The van der Waals surface area contributed by atoms with Crippen LogP contribution in [0.1, 0.15) is 69.3 Å². The van der Waals surface area contributed by atoms with Gasteiger partial charge in [0.15, 0.2) is 5.88 Å². The number of hydrogen-bond acceptors (Lipinski definition) is 4. The Morgan fingerprint density at radius 3 is 2.52 bits per heavy atom. The van der Waals surface area contributed by atoms with E-state index < -0.39 is 0 Å². The van der Waals surface area contributed by atoms with Gasteiger partial charge in [0.2, 0.25) is 0 Å². The third-order valence-corrected chi connectivity index (χ3v) is 4.96. The van der Waals surface area contributed by atoms with Gasteiger partial charge in [-0.15, -0.1) is 0 Å². The Morgan fingerprint density at radius 1 is 1.13 bits per heavy atom. The van der Waals surface area contributed by atoms with Crippen LogP contribution >= 0.6 is 0 Å². The molecule has 2 N–H and O–H groups in total. The Morgan fingerprint density at radius 2 is 1.87 bits per heavy atom. The van der Waals surface area contributed by atoms with Gasteiger partial charge in [-0.25, -0.2) is 0 Å². The molecule has 0 saturated heterocycles. The summed E-state index contributed by atoms with van der Waals surface area (Å²) >= 11 is 0. The highest BCUT2D eigenvalue weighted by atomic mass is 16.5. The van der Waals surface area contributed by atoms with Gasteiger partial charge >= 0.3 is 0 Å². The lowest BCUT2D eigenvalue weighted by Gasteiger charge is -2.27. The standard InChI is InChI=1S/C18H17N3O.C9H18/c1-20-18-16-5-3-2-4-14(16)12-17(21-18)22-15-8-6-13(7-9-15)10-11-19;1-4-5-6-7-8-9(2)3/h2-9,12,18,20-21H,10H2,1H3;8H,4-7H2,1-3H3. The minimum Gasteiger partial charge on any atom is -0.441 e. The molecule has 4 nitrogen and oxygen atoms in total. The highest BCUT2D eigenvalue weighted by molar-refractivity contribution is 5.59. The van der Waals surface area contributed by atoms with E-state index in [4.69, 9.17) is 10.00 Å². The lowest BCUT2D eigenvalue weighted by Crippen LogP contribution is -2.35. The molecule has 0 aliphatic carbocycles. The molecule has 1 aliphatic rings. The number of benzene rings is 2. The number of rotatable bonds is 8. The number of nitrogens with zero attached hydrogens (tertiary/aromatic N) is 1. The topological polar surface area (TPSA) is 57.1 Å². The van der Waals surface area contributed by atoms with E-state index in [-0.39, 0.29) is 6.17 Å². The Bertz CT molecular complexity index is 903. The van der Waals surface area contributed by atoms with E-state index in [2.05, 4.69) is 55.7 Å². The minimum absolute atomic E-state index is 0.0223. The van der Waals surface area contributed by atoms with E-state index >= 15 is 0 Å². The molecule has 0 fully saturated rings. The molecule has 1 unspecified atom stereocenters. The molecule has 2 aromatic rings. The predicted octanol–water partition coefficient (Wildman–Crippen LogP) is 6.48. The monoisotopic (exact) mass is 417 g/mol. The lowest BCUT2D eigenvalue weighted by atomic mass is 10.0. The summed E-state index contributed by atoms with van der Waals surface area (Å²) in [6.45, 7) is 6.56. The molecule has 3 rings (SSSR count). The predicted molar refractivity (Wildman–Crippen MR) is 129 cm³/mol. The third kappa shape index (κ3) is 8.32. The minimum atomic E-state index is 0.0223. The Balaban J connectivity index is 0.000000323. The smallest absolute Gasteiger partial charge is 0.195 e. The van der Waals surface area contributed by atoms with Gasteiger partial charge in [-0.05, 0) is 62.6 Å². The Kier molecular flexibility index (Phi) is 10.4. The molecule has 1 heterocycles. The zero-order chi connectivity index (χ0) is 22.5. The van der Waals surface area contributed by atoms with Gasteiger partial charge in [0.25, 0.3) is 0 Å². The maximum absolute atomic E-state index is 8.69. The second-order valence-electron chi connectivity index (χ2n) is 7.86. The van der Waals surface area contributed by atoms with E-state index in [0.717, 1.165) is 16.9 Å². The third-order valence-electron chi connectivity index (χ3n) is 4.96. The van der Waals surface area contributed by atoms with Gasteiger partial charge < -0.3 is 10.1 Å². The highest BCUT2D eigenvalue weighted by Gasteiger charge is 2.19. The van der Waals surface area contributed by atoms with Crippen molar-refractivity contribution in [2.75, 3.05) is 7.05 Å². The average Bonchev–Trinajstić information content (AvgIpc) is 2.78. The van der Waals surface area contributed by atoms with Gasteiger partial charge in [0, 0.05) is 6.08 Å². The van der Waals surface area contributed by atoms with Gasteiger partial charge in [-0.1, -0.05) is 67.8 Å². The molecule has 164 valence electrons. The molecule has 31 heavy (non-hydrogen) atoms. The normalized spacial score (nSPS) is 14.0. The molecule has 0 bridgehead atoms. The fraction of sp³-hybridized carbons (Fsp3) is 0.370. The highest BCUT2D eigenvalue weighted by Crippen LogP contribution is 2.26. The Labute approximate surface area is 187 Å². The van der Waals surface area contributed by atoms with Crippen LogP contribution in [0.3, 0.4) is 0 Å². The molecule has 0 spiro atoms. The second kappa shape index (κ2) is 13.3. The first-order chi connectivity index (χ1) is 15.1. The van der Waals surface area contributed by atoms with Gasteiger partial charge in [-0.2, -0.15) is 5.26 Å². The van der Waals surface area contributed by atoms with Crippen LogP contribution in [0.5, 0.6) is 5.75 Å². The molecular weight excluding hydrogens is 382 g/mol. The molecule has 0 saturated carbocycles. The summed E-state index contributed by atoms with van der Waals surface area (Å²) in [5, 5.41) is 15.2. The fourth-order valence-corrected chi connectivity index (χ4v) is 3.27. The zero-order valence-corrected chi connectivity index (χ0v) is 19.2. The van der Waals surface area contributed by atoms with Crippen LogP contribution in [-0.2, 0) is 6.42 Å². The van der Waals surface area contributed by atoms with E-state index in [1.807, 2.05) is 49.5 Å². The van der Waals surface area contributed by atoms with Crippen LogP contribution in [0.25, 0.3) is 6.08 Å². The number of ether oxygens (including phenoxy) is 1. The van der Waals surface area contributed by atoms with Crippen LogP contribution in [-0.4, -0.2) is 7.05 Å². The summed E-state index contributed by atoms with van der Waals surface area (Å²) in [5.74, 6) is 1.45. The van der Waals surface area contributed by atoms with Crippen LogP contribution in [0.2, 0.25) is 0 Å². The molecule has 0 radical (unpaired) electrons. The van der Waals surface area contributed by atoms with Crippen LogP contribution < -0.4 is 15.4 Å². The van der Waals surface area contributed by atoms with Crippen molar-refractivity contribution in [3.63, 3.8) is 0 Å². The van der Waals surface area contributed by atoms with Gasteiger partial charge in [0.05, 0.1) is 12.5 Å². The summed E-state index contributed by atoms with van der Waals surface area (Å²) in [5.41, 5.74) is 4.77. The number of fused-ring (bicyclic) bond motifs is 1. The summed E-state index contributed by atoms with van der Waals surface area (Å²) in [6.07, 6.45) is 10.1. The van der Waals surface area contributed by atoms with Crippen molar-refractivity contribution >= 4 is 6.08 Å². The first-order valence-corrected chi connectivity index (χ1v) is 11.1. The van der Waals surface area contributed by atoms with E-state index in [9.17, 15) is 0 Å². The number of allylic oxidation sites excluding steroid dienone is 2. The summed E-state index contributed by atoms with van der Waals surface area (Å²) < 4.78 is 5.90. The lowest BCUT2D eigenvalue weighted by molar-refractivity contribution is 0.343. The van der Waals surface area contributed by atoms with E-state index in [1.54, 1.807) is 0 Å². The van der Waals surface area contributed by atoms with Crippen molar-refractivity contribution < 1.29 is 4.74 Å².